The Bertz CT molecular complexity index is 358. The Labute approximate surface area is 64.4 Å². The van der Waals surface area contributed by atoms with Gasteiger partial charge in [0.2, 0.25) is 0 Å². The third kappa shape index (κ3) is 2.08. The van der Waals surface area contributed by atoms with Crippen molar-refractivity contribution in [2.24, 2.45) is 0 Å². The van der Waals surface area contributed by atoms with E-state index in [-0.39, 0.29) is 4.46 Å². The van der Waals surface area contributed by atoms with E-state index in [1.807, 2.05) is 0 Å². The van der Waals surface area contributed by atoms with Gasteiger partial charge in [-0.25, -0.2) is 0 Å². The molecule has 0 fully saturated rings. The molecule has 5 heteroatoms. The maximum atomic E-state index is 12.3. The van der Waals surface area contributed by atoms with E-state index in [1.165, 1.54) is 6.07 Å². The second kappa shape index (κ2) is 2.69. The molecule has 0 saturated heterocycles. The molecule has 0 spiro atoms. The van der Waals surface area contributed by atoms with Gasteiger partial charge in [0.1, 0.15) is 0 Å². The Morgan fingerprint density at radius 2 is 2.00 bits per heavy atom. The molecule has 1 aromatic carbocycles. The molecule has 0 radical (unpaired) electrons. The van der Waals surface area contributed by atoms with Crippen molar-refractivity contribution < 1.29 is 16.2 Å². The number of halogens is 1. The fraction of sp³-hybridized carbons (Fsp3) is 0. The summed E-state index contributed by atoms with van der Waals surface area (Å²) in [6, 6.07) is 4.25. The molecule has 0 bridgehead atoms. The molecule has 11 heavy (non-hydrogen) atoms. The van der Waals surface area contributed by atoms with E-state index in [1.54, 1.807) is 0 Å². The topological polar surface area (TPSA) is 54.4 Å². The first-order valence-electron chi connectivity index (χ1n) is 2.73. The quantitative estimate of drug-likeness (QED) is 0.672. The van der Waals surface area contributed by atoms with Crippen LogP contribution < -0.4 is 4.46 Å². The first kappa shape index (κ1) is 8.33. The Morgan fingerprint density at radius 3 is 2.36 bits per heavy atom. The van der Waals surface area contributed by atoms with E-state index >= 15 is 0 Å². The molecular formula is C6H5FO3Se. The first-order chi connectivity index (χ1) is 5.00. The van der Waals surface area contributed by atoms with Crippen LogP contribution in [0.4, 0.5) is 4.39 Å². The predicted molar refractivity (Wildman–Crippen MR) is 35.4 cm³/mol. The van der Waals surface area contributed by atoms with Crippen LogP contribution in [0.5, 0.6) is 0 Å². The Balaban J connectivity index is 3.28. The molecule has 1 N–H and O–H groups in total. The van der Waals surface area contributed by atoms with Gasteiger partial charge < -0.3 is 0 Å². The third-order valence-corrected chi connectivity index (χ3v) is 2.88. The third-order valence-electron chi connectivity index (χ3n) is 1.09. The second-order valence-electron chi connectivity index (χ2n) is 1.93. The summed E-state index contributed by atoms with van der Waals surface area (Å²) >= 11 is -4.97. The summed E-state index contributed by atoms with van der Waals surface area (Å²) in [4.78, 5) is 0. The molecule has 3 nitrogen and oxygen atoms in total. The molecule has 0 amide bonds. The summed E-state index contributed by atoms with van der Waals surface area (Å²) in [6.07, 6.45) is 0. The van der Waals surface area contributed by atoms with Gasteiger partial charge in [0, 0.05) is 0 Å². The van der Waals surface area contributed by atoms with Crippen LogP contribution in [-0.2, 0) is 7.67 Å². The van der Waals surface area contributed by atoms with Gasteiger partial charge in [-0.15, -0.1) is 0 Å². The van der Waals surface area contributed by atoms with Gasteiger partial charge in [-0.2, -0.15) is 0 Å². The van der Waals surface area contributed by atoms with Gasteiger partial charge >= 0.3 is 63.8 Å². The van der Waals surface area contributed by atoms with Gasteiger partial charge in [-0.05, 0) is 0 Å². The molecule has 0 aliphatic carbocycles. The van der Waals surface area contributed by atoms with Crippen LogP contribution in [0, 0.1) is 5.82 Å². The molecule has 0 atom stereocenters. The van der Waals surface area contributed by atoms with Crippen molar-refractivity contribution in [2.45, 2.75) is 0 Å². The Morgan fingerprint density at radius 1 is 1.36 bits per heavy atom. The molecule has 1 aromatic rings. The van der Waals surface area contributed by atoms with E-state index in [0.29, 0.717) is 0 Å². The maximum absolute atomic E-state index is 12.3. The molecule has 60 valence electrons. The number of benzene rings is 1. The van der Waals surface area contributed by atoms with Crippen molar-refractivity contribution >= 4 is 17.5 Å². The van der Waals surface area contributed by atoms with Crippen LogP contribution >= 0.6 is 0 Å². The second-order valence-corrected chi connectivity index (χ2v) is 4.91. The number of rotatable bonds is 1. The predicted octanol–water partition coefficient (Wildman–Crippen LogP) is -0.175. The molecule has 0 aromatic heterocycles. The van der Waals surface area contributed by atoms with Crippen molar-refractivity contribution in [2.75, 3.05) is 0 Å². The van der Waals surface area contributed by atoms with E-state index in [2.05, 4.69) is 0 Å². The molecule has 0 saturated carbocycles. The standard InChI is InChI=1S/C6H5FO3Se/c7-5-2-1-3-6(4-5)11(8,9)10/h1-4H,(H,8,9,10). The van der Waals surface area contributed by atoms with E-state index < -0.39 is 18.9 Å². The minimum atomic E-state index is -4.97. The fourth-order valence-electron chi connectivity index (χ4n) is 0.627. The normalized spacial score (nSPS) is 11.5. The summed E-state index contributed by atoms with van der Waals surface area (Å²) in [7, 11) is 0. The van der Waals surface area contributed by atoms with Gasteiger partial charge in [0.15, 0.2) is 0 Å². The van der Waals surface area contributed by atoms with Gasteiger partial charge in [-0.3, -0.25) is 0 Å². The fourth-order valence-corrected chi connectivity index (χ4v) is 1.70. The summed E-state index contributed by atoms with van der Waals surface area (Å²) in [5, 5.41) is 0. The van der Waals surface area contributed by atoms with Gasteiger partial charge in [0.05, 0.1) is 0 Å². The average molecular weight is 223 g/mol. The van der Waals surface area contributed by atoms with Crippen molar-refractivity contribution in [1.29, 1.82) is 0 Å². The van der Waals surface area contributed by atoms with Crippen LogP contribution in [-0.4, -0.2) is 17.2 Å². The minimum absolute atomic E-state index is 0.360. The zero-order valence-corrected chi connectivity index (χ0v) is 7.07. The van der Waals surface area contributed by atoms with Crippen molar-refractivity contribution in [3.63, 3.8) is 0 Å². The summed E-state index contributed by atoms with van der Waals surface area (Å²) in [6.45, 7) is 0. The van der Waals surface area contributed by atoms with Crippen LogP contribution in [0.3, 0.4) is 0 Å². The monoisotopic (exact) mass is 224 g/mol. The van der Waals surface area contributed by atoms with Crippen LogP contribution in [0.15, 0.2) is 24.3 Å². The molecule has 0 heterocycles. The molecule has 0 unspecified atom stereocenters. The average Bonchev–Trinajstić information content (AvgIpc) is 1.86. The summed E-state index contributed by atoms with van der Waals surface area (Å²) in [5.74, 6) is -0.676. The van der Waals surface area contributed by atoms with E-state index in [4.69, 9.17) is 4.19 Å². The van der Waals surface area contributed by atoms with Crippen LogP contribution in [0.25, 0.3) is 0 Å². The molecular weight excluding hydrogens is 218 g/mol. The summed E-state index contributed by atoms with van der Waals surface area (Å²) < 4.78 is 41.4. The van der Waals surface area contributed by atoms with Crippen molar-refractivity contribution in [1.82, 2.24) is 0 Å². The van der Waals surface area contributed by atoms with Gasteiger partial charge in [0.25, 0.3) is 0 Å². The van der Waals surface area contributed by atoms with Crippen molar-refractivity contribution in [3.05, 3.63) is 30.1 Å². The molecule has 0 aliphatic heterocycles. The molecule has 1 rings (SSSR count). The van der Waals surface area contributed by atoms with Crippen LogP contribution in [0.2, 0.25) is 0 Å². The zero-order chi connectivity index (χ0) is 8.48. The van der Waals surface area contributed by atoms with E-state index in [9.17, 15) is 12.1 Å². The van der Waals surface area contributed by atoms with Crippen LogP contribution in [0.1, 0.15) is 0 Å². The van der Waals surface area contributed by atoms with Crippen molar-refractivity contribution in [3.8, 4) is 0 Å². The number of hydrogen-bond donors (Lipinski definition) is 1. The zero-order valence-electron chi connectivity index (χ0n) is 5.36. The number of hydrogen-bond acceptors (Lipinski definition) is 2. The van der Waals surface area contributed by atoms with E-state index in [0.717, 1.165) is 18.2 Å². The molecule has 0 aliphatic rings. The van der Waals surface area contributed by atoms with Gasteiger partial charge in [-0.1, -0.05) is 0 Å². The Hall–Kier alpha value is -0.771. The summed E-state index contributed by atoms with van der Waals surface area (Å²) in [5.41, 5.74) is 0. The first-order valence-corrected chi connectivity index (χ1v) is 5.75. The Kier molecular flexibility index (Phi) is 2.04. The SMILES string of the molecule is O=[Se](=O)(O)c1cccc(F)c1.